The summed E-state index contributed by atoms with van der Waals surface area (Å²) in [5.41, 5.74) is 4.01. The fraction of sp³-hybridized carbons (Fsp3) is 0.318. The van der Waals surface area contributed by atoms with Gasteiger partial charge < -0.3 is 9.47 Å². The van der Waals surface area contributed by atoms with Crippen molar-refractivity contribution in [1.82, 2.24) is 34.6 Å². The van der Waals surface area contributed by atoms with E-state index in [-0.39, 0.29) is 11.8 Å². The Morgan fingerprint density at radius 1 is 1.20 bits per heavy atom. The van der Waals surface area contributed by atoms with Crippen molar-refractivity contribution < 1.29 is 4.79 Å². The van der Waals surface area contributed by atoms with Crippen molar-refractivity contribution in [3.63, 3.8) is 0 Å². The fourth-order valence-electron chi connectivity index (χ4n) is 4.12. The van der Waals surface area contributed by atoms with E-state index < -0.39 is 0 Å². The topological polar surface area (TPSA) is 92.6 Å². The van der Waals surface area contributed by atoms with E-state index in [0.29, 0.717) is 12.2 Å². The molecule has 0 aliphatic carbocycles. The number of benzene rings is 1. The molecule has 0 bridgehead atoms. The molecule has 1 aliphatic rings. The molecule has 8 heteroatoms. The highest BCUT2D eigenvalue weighted by atomic mass is 16.2. The second-order valence-corrected chi connectivity index (χ2v) is 7.79. The molecule has 30 heavy (non-hydrogen) atoms. The molecular weight excluding hydrogens is 378 g/mol. The van der Waals surface area contributed by atoms with Gasteiger partial charge in [-0.05, 0) is 25.8 Å². The molecule has 1 aliphatic heterocycles. The molecule has 0 spiro atoms. The molecule has 1 N–H and O–H groups in total. The van der Waals surface area contributed by atoms with Crippen LogP contribution in [0.4, 0.5) is 0 Å². The minimum atomic E-state index is -0.0384. The van der Waals surface area contributed by atoms with Crippen molar-refractivity contribution in [1.29, 1.82) is 0 Å². The van der Waals surface area contributed by atoms with Crippen LogP contribution in [-0.2, 0) is 7.05 Å². The average molecular weight is 401 g/mol. The molecule has 1 amide bonds. The first-order valence-corrected chi connectivity index (χ1v) is 10.1. The van der Waals surface area contributed by atoms with Gasteiger partial charge in [-0.15, -0.1) is 0 Å². The van der Waals surface area contributed by atoms with E-state index in [2.05, 4.69) is 20.2 Å². The number of imidazole rings is 1. The number of para-hydroxylation sites is 1. The highest BCUT2D eigenvalue weighted by Gasteiger charge is 2.29. The number of likely N-dealkylation sites (tertiary alicyclic amines) is 1. The monoisotopic (exact) mass is 401 g/mol. The van der Waals surface area contributed by atoms with E-state index in [1.165, 1.54) is 0 Å². The number of nitrogens with one attached hydrogen (secondary N) is 1. The maximum atomic E-state index is 13.2. The largest absolute Gasteiger partial charge is 0.337 e. The van der Waals surface area contributed by atoms with Gasteiger partial charge in [-0.3, -0.25) is 14.9 Å². The third kappa shape index (κ3) is 3.14. The maximum Gasteiger partial charge on any atom is 0.275 e. The van der Waals surface area contributed by atoms with E-state index in [9.17, 15) is 4.79 Å². The lowest BCUT2D eigenvalue weighted by atomic mass is 9.94. The Hall–Kier alpha value is -3.55. The zero-order valence-electron chi connectivity index (χ0n) is 17.0. The van der Waals surface area contributed by atoms with Crippen LogP contribution in [0.15, 0.2) is 42.9 Å². The molecule has 3 aromatic heterocycles. The Labute approximate surface area is 174 Å². The molecule has 4 aromatic rings. The number of piperidine rings is 1. The summed E-state index contributed by atoms with van der Waals surface area (Å²) in [6.45, 7) is 3.30. The third-order valence-corrected chi connectivity index (χ3v) is 5.94. The predicted octanol–water partition coefficient (Wildman–Crippen LogP) is 3.08. The van der Waals surface area contributed by atoms with E-state index in [1.54, 1.807) is 6.20 Å². The third-order valence-electron chi connectivity index (χ3n) is 5.94. The fourth-order valence-corrected chi connectivity index (χ4v) is 4.12. The van der Waals surface area contributed by atoms with Crippen molar-refractivity contribution >= 4 is 16.8 Å². The van der Waals surface area contributed by atoms with Crippen molar-refractivity contribution in [2.45, 2.75) is 25.7 Å². The number of H-pyrrole nitrogens is 1. The molecule has 1 atom stereocenters. The summed E-state index contributed by atoms with van der Waals surface area (Å²) >= 11 is 0. The Balaban J connectivity index is 1.40. The van der Waals surface area contributed by atoms with Crippen LogP contribution in [0.5, 0.6) is 0 Å². The highest BCUT2D eigenvalue weighted by Crippen LogP contribution is 2.28. The lowest BCUT2D eigenvalue weighted by Crippen LogP contribution is -2.39. The number of aromatic nitrogens is 6. The molecular formula is C22H23N7O. The molecule has 8 nitrogen and oxygen atoms in total. The first kappa shape index (κ1) is 18.5. The van der Waals surface area contributed by atoms with Gasteiger partial charge in [0.25, 0.3) is 5.91 Å². The number of nitrogens with zero attached hydrogens (tertiary/aromatic N) is 6. The standard InChI is InChI=1S/C22H23N7O/c1-14-24-12-20(28(14)2)19-11-23-10-18(25-19)15-6-5-9-29(13-15)22(30)21-16-7-3-4-8-17(16)26-27-21/h3-4,7-8,10-12,15H,5-6,9,13H2,1-2H3,(H,26,27). The number of aromatic amines is 1. The SMILES string of the molecule is Cc1ncc(-c2cncc(C3CCCN(C(=O)c4n[nH]c5ccccc45)C3)n2)n1C. The number of rotatable bonds is 3. The second-order valence-electron chi connectivity index (χ2n) is 7.79. The normalized spacial score (nSPS) is 16.9. The smallest absolute Gasteiger partial charge is 0.275 e. The van der Waals surface area contributed by atoms with E-state index in [4.69, 9.17) is 4.98 Å². The first-order valence-electron chi connectivity index (χ1n) is 10.1. The van der Waals surface area contributed by atoms with E-state index in [0.717, 1.165) is 53.2 Å². The number of amides is 1. The molecule has 5 rings (SSSR count). The van der Waals surface area contributed by atoms with Gasteiger partial charge in [-0.2, -0.15) is 5.10 Å². The maximum absolute atomic E-state index is 13.2. The van der Waals surface area contributed by atoms with Gasteiger partial charge >= 0.3 is 0 Å². The number of hydrogen-bond donors (Lipinski definition) is 1. The molecule has 4 heterocycles. The number of carbonyl (C=O) groups excluding carboxylic acids is 1. The van der Waals surface area contributed by atoms with Crippen molar-refractivity contribution in [3.05, 3.63) is 60.1 Å². The first-order chi connectivity index (χ1) is 14.6. The lowest BCUT2D eigenvalue weighted by Gasteiger charge is -2.32. The molecule has 152 valence electrons. The van der Waals surface area contributed by atoms with Gasteiger partial charge in [0.05, 0.1) is 29.3 Å². The summed E-state index contributed by atoms with van der Waals surface area (Å²) in [7, 11) is 1.97. The molecule has 1 saturated heterocycles. The minimum absolute atomic E-state index is 0.0384. The van der Waals surface area contributed by atoms with Gasteiger partial charge in [0.1, 0.15) is 11.5 Å². The predicted molar refractivity (Wildman–Crippen MR) is 113 cm³/mol. The van der Waals surface area contributed by atoms with Crippen LogP contribution < -0.4 is 0 Å². The number of fused-ring (bicyclic) bond motifs is 1. The summed E-state index contributed by atoms with van der Waals surface area (Å²) in [4.78, 5) is 28.7. The molecule has 1 aromatic carbocycles. The van der Waals surface area contributed by atoms with Crippen molar-refractivity contribution in [2.75, 3.05) is 13.1 Å². The van der Waals surface area contributed by atoms with Crippen LogP contribution in [0.2, 0.25) is 0 Å². The van der Waals surface area contributed by atoms with Crippen LogP contribution in [0.25, 0.3) is 22.3 Å². The van der Waals surface area contributed by atoms with Crippen LogP contribution >= 0.6 is 0 Å². The van der Waals surface area contributed by atoms with Gasteiger partial charge in [-0.1, -0.05) is 18.2 Å². The van der Waals surface area contributed by atoms with Crippen LogP contribution in [0.3, 0.4) is 0 Å². The average Bonchev–Trinajstić information content (AvgIpc) is 3.37. The van der Waals surface area contributed by atoms with Gasteiger partial charge in [-0.25, -0.2) is 9.97 Å². The van der Waals surface area contributed by atoms with Gasteiger partial charge in [0.2, 0.25) is 0 Å². The highest BCUT2D eigenvalue weighted by molar-refractivity contribution is 6.04. The molecule has 0 radical (unpaired) electrons. The van der Waals surface area contributed by atoms with E-state index >= 15 is 0 Å². The summed E-state index contributed by atoms with van der Waals surface area (Å²) in [6, 6.07) is 7.72. The quantitative estimate of drug-likeness (QED) is 0.569. The molecule has 1 fully saturated rings. The van der Waals surface area contributed by atoms with Crippen LogP contribution in [0, 0.1) is 6.92 Å². The van der Waals surface area contributed by atoms with Gasteiger partial charge in [0.15, 0.2) is 5.69 Å². The molecule has 1 unspecified atom stereocenters. The minimum Gasteiger partial charge on any atom is -0.337 e. The summed E-state index contributed by atoms with van der Waals surface area (Å²) in [5.74, 6) is 1.04. The summed E-state index contributed by atoms with van der Waals surface area (Å²) in [6.07, 6.45) is 7.31. The van der Waals surface area contributed by atoms with Crippen LogP contribution in [-0.4, -0.2) is 53.6 Å². The Morgan fingerprint density at radius 2 is 2.07 bits per heavy atom. The van der Waals surface area contributed by atoms with Gasteiger partial charge in [0, 0.05) is 37.6 Å². The number of carbonyl (C=O) groups is 1. The zero-order valence-corrected chi connectivity index (χ0v) is 17.0. The molecule has 0 saturated carbocycles. The van der Waals surface area contributed by atoms with Crippen molar-refractivity contribution in [3.8, 4) is 11.4 Å². The number of hydrogen-bond acceptors (Lipinski definition) is 5. The second kappa shape index (κ2) is 7.37. The zero-order chi connectivity index (χ0) is 20.7. The summed E-state index contributed by atoms with van der Waals surface area (Å²) in [5, 5.41) is 8.10. The Bertz CT molecular complexity index is 1230. The number of aryl methyl sites for hydroxylation is 1. The van der Waals surface area contributed by atoms with E-state index in [1.807, 2.05) is 60.1 Å². The summed E-state index contributed by atoms with van der Waals surface area (Å²) < 4.78 is 2.01. The van der Waals surface area contributed by atoms with Crippen LogP contribution in [0.1, 0.15) is 40.8 Å². The Morgan fingerprint density at radius 3 is 2.90 bits per heavy atom. The lowest BCUT2D eigenvalue weighted by molar-refractivity contribution is 0.0701. The van der Waals surface area contributed by atoms with Crippen molar-refractivity contribution in [2.24, 2.45) is 7.05 Å². The Kier molecular flexibility index (Phi) is 4.54.